The third-order valence-electron chi connectivity index (χ3n) is 1.93. The van der Waals surface area contributed by atoms with E-state index >= 15 is 0 Å². The van der Waals surface area contributed by atoms with E-state index in [2.05, 4.69) is 22.2 Å². The standard InChI is InChI=1S/C10H13N3OS/c1-2-3-11-4-8-6-14-10(13-8)9-5-12-7-15-9/h5-7,11H,2-4H2,1H3. The smallest absolute Gasteiger partial charge is 0.238 e. The van der Waals surface area contributed by atoms with E-state index < -0.39 is 0 Å². The van der Waals surface area contributed by atoms with Crippen LogP contribution in [0.2, 0.25) is 0 Å². The van der Waals surface area contributed by atoms with E-state index in [1.807, 2.05) is 0 Å². The normalized spacial score (nSPS) is 10.7. The maximum absolute atomic E-state index is 5.36. The van der Waals surface area contributed by atoms with Crippen LogP contribution >= 0.6 is 11.3 Å². The first-order valence-electron chi connectivity index (χ1n) is 4.94. The minimum absolute atomic E-state index is 0.658. The van der Waals surface area contributed by atoms with E-state index in [1.165, 1.54) is 11.3 Å². The monoisotopic (exact) mass is 223 g/mol. The second-order valence-corrected chi connectivity index (χ2v) is 4.07. The summed E-state index contributed by atoms with van der Waals surface area (Å²) in [5, 5.41) is 3.28. The van der Waals surface area contributed by atoms with Crippen molar-refractivity contribution in [3.8, 4) is 10.8 Å². The Balaban J connectivity index is 1.98. The van der Waals surface area contributed by atoms with E-state index in [0.717, 1.165) is 30.1 Å². The molecule has 1 N–H and O–H groups in total. The molecule has 0 aliphatic rings. The number of nitrogens with one attached hydrogen (secondary N) is 1. The van der Waals surface area contributed by atoms with Crippen LogP contribution in [0, 0.1) is 0 Å². The molecule has 0 unspecified atom stereocenters. The molecular formula is C10H13N3OS. The number of aromatic nitrogens is 2. The zero-order valence-corrected chi connectivity index (χ0v) is 9.38. The largest absolute Gasteiger partial charge is 0.443 e. The van der Waals surface area contributed by atoms with E-state index in [1.54, 1.807) is 18.0 Å². The van der Waals surface area contributed by atoms with E-state index in [0.29, 0.717) is 5.89 Å². The molecule has 0 spiro atoms. The van der Waals surface area contributed by atoms with Gasteiger partial charge in [0.15, 0.2) is 0 Å². The lowest BCUT2D eigenvalue weighted by Gasteiger charge is -1.96. The van der Waals surface area contributed by atoms with Gasteiger partial charge in [-0.05, 0) is 13.0 Å². The topological polar surface area (TPSA) is 51.0 Å². The highest BCUT2D eigenvalue weighted by Crippen LogP contribution is 2.21. The van der Waals surface area contributed by atoms with Crippen LogP contribution in [0.4, 0.5) is 0 Å². The van der Waals surface area contributed by atoms with Gasteiger partial charge >= 0.3 is 0 Å². The number of hydrogen-bond acceptors (Lipinski definition) is 5. The molecule has 0 amide bonds. The molecule has 4 nitrogen and oxygen atoms in total. The second-order valence-electron chi connectivity index (χ2n) is 3.19. The molecule has 0 fully saturated rings. The molecule has 0 aromatic carbocycles. The molecule has 0 atom stereocenters. The molecule has 2 rings (SSSR count). The Morgan fingerprint density at radius 3 is 3.20 bits per heavy atom. The van der Waals surface area contributed by atoms with E-state index in [9.17, 15) is 0 Å². The summed E-state index contributed by atoms with van der Waals surface area (Å²) in [7, 11) is 0. The minimum Gasteiger partial charge on any atom is -0.443 e. The summed E-state index contributed by atoms with van der Waals surface area (Å²) in [5.74, 6) is 0.658. The van der Waals surface area contributed by atoms with Gasteiger partial charge in [-0.1, -0.05) is 6.92 Å². The van der Waals surface area contributed by atoms with Crippen molar-refractivity contribution in [3.05, 3.63) is 23.7 Å². The van der Waals surface area contributed by atoms with Crippen LogP contribution in [-0.4, -0.2) is 16.5 Å². The van der Waals surface area contributed by atoms with Crippen LogP contribution in [0.3, 0.4) is 0 Å². The summed E-state index contributed by atoms with van der Waals surface area (Å²) >= 11 is 1.53. The van der Waals surface area contributed by atoms with Gasteiger partial charge in [0, 0.05) is 6.54 Å². The quantitative estimate of drug-likeness (QED) is 0.790. The van der Waals surface area contributed by atoms with Crippen LogP contribution in [0.5, 0.6) is 0 Å². The summed E-state index contributed by atoms with van der Waals surface area (Å²) in [6.07, 6.45) is 4.58. The fraction of sp³-hybridized carbons (Fsp3) is 0.400. The lowest BCUT2D eigenvalue weighted by atomic mass is 10.4. The molecular weight excluding hydrogens is 210 g/mol. The van der Waals surface area contributed by atoms with Gasteiger partial charge in [-0.25, -0.2) is 4.98 Å². The van der Waals surface area contributed by atoms with Crippen LogP contribution in [0.25, 0.3) is 10.8 Å². The first-order valence-corrected chi connectivity index (χ1v) is 5.82. The van der Waals surface area contributed by atoms with Gasteiger partial charge in [0.05, 0.1) is 17.4 Å². The van der Waals surface area contributed by atoms with Crippen LogP contribution < -0.4 is 5.32 Å². The zero-order chi connectivity index (χ0) is 10.5. The molecule has 0 saturated carbocycles. The Kier molecular flexibility index (Phi) is 3.47. The summed E-state index contributed by atoms with van der Waals surface area (Å²) < 4.78 is 5.36. The highest BCUT2D eigenvalue weighted by Gasteiger charge is 2.07. The molecule has 15 heavy (non-hydrogen) atoms. The molecule has 80 valence electrons. The fourth-order valence-corrected chi connectivity index (χ4v) is 1.77. The average molecular weight is 223 g/mol. The summed E-state index contributed by atoms with van der Waals surface area (Å²) in [4.78, 5) is 9.32. The Morgan fingerprint density at radius 2 is 2.47 bits per heavy atom. The second kappa shape index (κ2) is 5.04. The van der Waals surface area contributed by atoms with Gasteiger partial charge in [0.25, 0.3) is 0 Å². The molecule has 2 heterocycles. The molecule has 2 aromatic rings. The molecule has 5 heteroatoms. The lowest BCUT2D eigenvalue weighted by molar-refractivity contribution is 0.571. The van der Waals surface area contributed by atoms with Gasteiger partial charge in [-0.15, -0.1) is 11.3 Å². The maximum atomic E-state index is 5.36. The molecule has 0 aliphatic carbocycles. The van der Waals surface area contributed by atoms with Crippen LogP contribution in [-0.2, 0) is 6.54 Å². The fourth-order valence-electron chi connectivity index (χ4n) is 1.22. The number of rotatable bonds is 5. The third kappa shape index (κ3) is 2.64. The van der Waals surface area contributed by atoms with Crippen molar-refractivity contribution in [2.24, 2.45) is 0 Å². The van der Waals surface area contributed by atoms with Gasteiger partial charge in [-0.2, -0.15) is 0 Å². The van der Waals surface area contributed by atoms with Gasteiger partial charge in [0.1, 0.15) is 11.1 Å². The molecule has 0 radical (unpaired) electrons. The summed E-state index contributed by atoms with van der Waals surface area (Å²) in [5.41, 5.74) is 2.71. The minimum atomic E-state index is 0.658. The lowest BCUT2D eigenvalue weighted by Crippen LogP contribution is -2.13. The van der Waals surface area contributed by atoms with Gasteiger partial charge in [-0.3, -0.25) is 4.98 Å². The van der Waals surface area contributed by atoms with Crippen LogP contribution in [0.15, 0.2) is 22.4 Å². The Bertz CT molecular complexity index is 396. The number of thiazole rings is 1. The van der Waals surface area contributed by atoms with Crippen molar-refractivity contribution in [1.82, 2.24) is 15.3 Å². The Morgan fingerprint density at radius 1 is 1.53 bits per heavy atom. The zero-order valence-electron chi connectivity index (χ0n) is 8.56. The average Bonchev–Trinajstić information content (AvgIpc) is 2.87. The van der Waals surface area contributed by atoms with Crippen LogP contribution in [0.1, 0.15) is 19.0 Å². The van der Waals surface area contributed by atoms with Crippen molar-refractivity contribution in [1.29, 1.82) is 0 Å². The Hall–Kier alpha value is -1.20. The third-order valence-corrected chi connectivity index (χ3v) is 2.69. The van der Waals surface area contributed by atoms with Crippen molar-refractivity contribution < 1.29 is 4.42 Å². The van der Waals surface area contributed by atoms with Gasteiger partial charge in [0.2, 0.25) is 5.89 Å². The highest BCUT2D eigenvalue weighted by atomic mass is 32.1. The first kappa shape index (κ1) is 10.3. The van der Waals surface area contributed by atoms with Gasteiger partial charge < -0.3 is 9.73 Å². The number of oxazole rings is 1. The van der Waals surface area contributed by atoms with E-state index in [4.69, 9.17) is 4.42 Å². The van der Waals surface area contributed by atoms with Crippen molar-refractivity contribution >= 4 is 11.3 Å². The summed E-state index contributed by atoms with van der Waals surface area (Å²) in [6.45, 7) is 3.90. The van der Waals surface area contributed by atoms with Crippen molar-refractivity contribution in [2.45, 2.75) is 19.9 Å². The maximum Gasteiger partial charge on any atom is 0.238 e. The first-order chi connectivity index (χ1) is 7.40. The predicted molar refractivity (Wildman–Crippen MR) is 59.6 cm³/mol. The molecule has 0 bridgehead atoms. The SMILES string of the molecule is CCCNCc1coc(-c2cncs2)n1. The molecule has 2 aromatic heterocycles. The predicted octanol–water partition coefficient (Wildman–Crippen LogP) is 2.30. The molecule has 0 saturated heterocycles. The van der Waals surface area contributed by atoms with E-state index in [-0.39, 0.29) is 0 Å². The summed E-state index contributed by atoms with van der Waals surface area (Å²) in [6, 6.07) is 0. The molecule has 0 aliphatic heterocycles. The number of hydrogen-bond donors (Lipinski definition) is 1. The van der Waals surface area contributed by atoms with Crippen molar-refractivity contribution in [2.75, 3.05) is 6.54 Å². The highest BCUT2D eigenvalue weighted by molar-refractivity contribution is 7.13. The Labute approximate surface area is 92.4 Å². The van der Waals surface area contributed by atoms with Crippen molar-refractivity contribution in [3.63, 3.8) is 0 Å². The number of nitrogens with zero attached hydrogens (tertiary/aromatic N) is 2.